The first kappa shape index (κ1) is 19.0. The van der Waals surface area contributed by atoms with Crippen LogP contribution < -0.4 is 11.1 Å². The van der Waals surface area contributed by atoms with Gasteiger partial charge < -0.3 is 11.1 Å². The molecule has 3 N–H and O–H groups in total. The van der Waals surface area contributed by atoms with E-state index in [9.17, 15) is 18.0 Å². The molecule has 0 bridgehead atoms. The molecule has 2 aromatic rings. The highest BCUT2D eigenvalue weighted by atomic mass is 19.4. The molecule has 0 unspecified atom stereocenters. The van der Waals surface area contributed by atoms with E-state index >= 15 is 0 Å². The third kappa shape index (κ3) is 5.90. The van der Waals surface area contributed by atoms with E-state index in [0.717, 1.165) is 37.8 Å². The number of hydrogen-bond donors (Lipinski definition) is 2. The van der Waals surface area contributed by atoms with Gasteiger partial charge in [-0.15, -0.1) is 0 Å². The predicted molar refractivity (Wildman–Crippen MR) is 89.3 cm³/mol. The predicted octanol–water partition coefficient (Wildman–Crippen LogP) is 3.74. The van der Waals surface area contributed by atoms with Crippen molar-refractivity contribution >= 4 is 11.6 Å². The zero-order chi connectivity index (χ0) is 18.3. The van der Waals surface area contributed by atoms with Gasteiger partial charge in [-0.3, -0.25) is 4.79 Å². The van der Waals surface area contributed by atoms with Crippen LogP contribution in [-0.2, 0) is 11.0 Å². The topological polar surface area (TPSA) is 72.9 Å². The summed E-state index contributed by atoms with van der Waals surface area (Å²) in [5.74, 6) is -0.142. The minimum absolute atomic E-state index is 0.142. The van der Waals surface area contributed by atoms with E-state index in [1.54, 1.807) is 0 Å². The molecule has 1 aromatic carbocycles. The molecule has 0 aliphatic heterocycles. The van der Waals surface area contributed by atoms with Gasteiger partial charge in [0, 0.05) is 6.42 Å². The zero-order valence-corrected chi connectivity index (χ0v) is 13.7. The second kappa shape index (κ2) is 8.66. The SMILES string of the molecule is NCCCCCCC(=O)Nc1cnn(-c2cccc(C(F)(F)F)c2)c1. The van der Waals surface area contributed by atoms with Crippen LogP contribution in [-0.4, -0.2) is 22.2 Å². The summed E-state index contributed by atoms with van der Waals surface area (Å²) in [6, 6.07) is 4.85. The number of carbonyl (C=O) groups excluding carboxylic acids is 1. The van der Waals surface area contributed by atoms with Gasteiger partial charge in [-0.1, -0.05) is 18.9 Å². The average molecular weight is 354 g/mol. The number of rotatable bonds is 8. The van der Waals surface area contributed by atoms with Gasteiger partial charge in [-0.2, -0.15) is 18.3 Å². The number of alkyl halides is 3. The molecule has 2 rings (SSSR count). The van der Waals surface area contributed by atoms with Crippen molar-refractivity contribution in [3.63, 3.8) is 0 Å². The van der Waals surface area contributed by atoms with Crippen LogP contribution in [0.25, 0.3) is 5.69 Å². The standard InChI is InChI=1S/C17H21F3N4O/c18-17(19,20)13-6-5-7-15(10-13)24-12-14(11-22-24)23-16(25)8-3-1-2-4-9-21/h5-7,10-12H,1-4,8-9,21H2,(H,23,25). The molecule has 8 heteroatoms. The minimum atomic E-state index is -4.41. The number of unbranched alkanes of at least 4 members (excludes halogenated alkanes) is 3. The van der Waals surface area contributed by atoms with E-state index < -0.39 is 11.7 Å². The summed E-state index contributed by atoms with van der Waals surface area (Å²) in [5, 5.41) is 6.70. The highest BCUT2D eigenvalue weighted by Gasteiger charge is 2.30. The van der Waals surface area contributed by atoms with Crippen molar-refractivity contribution in [2.24, 2.45) is 5.73 Å². The lowest BCUT2D eigenvalue weighted by atomic mass is 10.1. The van der Waals surface area contributed by atoms with E-state index in [4.69, 9.17) is 5.73 Å². The Labute approximate surface area is 144 Å². The fraction of sp³-hybridized carbons (Fsp3) is 0.412. The van der Waals surface area contributed by atoms with E-state index in [1.165, 1.54) is 29.2 Å². The van der Waals surface area contributed by atoms with Crippen molar-refractivity contribution in [1.29, 1.82) is 0 Å². The Morgan fingerprint density at radius 3 is 2.68 bits per heavy atom. The molecule has 136 valence electrons. The lowest BCUT2D eigenvalue weighted by Crippen LogP contribution is -2.10. The van der Waals surface area contributed by atoms with Crippen LogP contribution in [0.3, 0.4) is 0 Å². The van der Waals surface area contributed by atoms with Gasteiger partial charge in [-0.25, -0.2) is 4.68 Å². The fourth-order valence-corrected chi connectivity index (χ4v) is 2.36. The summed E-state index contributed by atoms with van der Waals surface area (Å²) in [5.41, 5.74) is 5.38. The van der Waals surface area contributed by atoms with Crippen LogP contribution in [0.15, 0.2) is 36.7 Å². The smallest absolute Gasteiger partial charge is 0.330 e. The normalized spacial score (nSPS) is 11.5. The molecule has 0 aliphatic carbocycles. The largest absolute Gasteiger partial charge is 0.416 e. The maximum Gasteiger partial charge on any atom is 0.416 e. The molecule has 1 amide bonds. The van der Waals surface area contributed by atoms with Gasteiger partial charge in [0.2, 0.25) is 5.91 Å². The number of hydrogen-bond acceptors (Lipinski definition) is 3. The summed E-state index contributed by atoms with van der Waals surface area (Å²) in [6.07, 6.45) is 2.53. The van der Waals surface area contributed by atoms with Gasteiger partial charge >= 0.3 is 6.18 Å². The molecule has 0 fully saturated rings. The second-order valence-electron chi connectivity index (χ2n) is 5.72. The Kier molecular flexibility index (Phi) is 6.58. The van der Waals surface area contributed by atoms with Crippen molar-refractivity contribution in [3.8, 4) is 5.69 Å². The van der Waals surface area contributed by atoms with E-state index in [2.05, 4.69) is 10.4 Å². The summed E-state index contributed by atoms with van der Waals surface area (Å²) >= 11 is 0. The number of anilines is 1. The van der Waals surface area contributed by atoms with Crippen molar-refractivity contribution in [2.75, 3.05) is 11.9 Å². The molecule has 0 aliphatic rings. The molecule has 0 saturated heterocycles. The summed E-state index contributed by atoms with van der Waals surface area (Å²) in [4.78, 5) is 11.9. The number of aromatic nitrogens is 2. The van der Waals surface area contributed by atoms with Crippen LogP contribution >= 0.6 is 0 Å². The van der Waals surface area contributed by atoms with Gasteiger partial charge in [-0.05, 0) is 37.6 Å². The maximum atomic E-state index is 12.8. The molecule has 25 heavy (non-hydrogen) atoms. The quantitative estimate of drug-likeness (QED) is 0.709. The molecule has 1 heterocycles. The van der Waals surface area contributed by atoms with Gasteiger partial charge in [0.05, 0.1) is 29.3 Å². The van der Waals surface area contributed by atoms with Crippen LogP contribution in [0, 0.1) is 0 Å². The number of nitrogens with two attached hydrogens (primary N) is 1. The number of halogens is 3. The van der Waals surface area contributed by atoms with E-state index in [0.29, 0.717) is 18.7 Å². The van der Waals surface area contributed by atoms with Gasteiger partial charge in [0.25, 0.3) is 0 Å². The highest BCUT2D eigenvalue weighted by molar-refractivity contribution is 5.90. The molecule has 0 saturated carbocycles. The maximum absolute atomic E-state index is 12.8. The lowest BCUT2D eigenvalue weighted by molar-refractivity contribution is -0.137. The fourth-order valence-electron chi connectivity index (χ4n) is 2.36. The van der Waals surface area contributed by atoms with E-state index in [-0.39, 0.29) is 11.6 Å². The number of carbonyl (C=O) groups is 1. The first-order valence-corrected chi connectivity index (χ1v) is 8.12. The highest BCUT2D eigenvalue weighted by Crippen LogP contribution is 2.30. The van der Waals surface area contributed by atoms with Gasteiger partial charge in [0.15, 0.2) is 0 Å². The third-order valence-corrected chi connectivity index (χ3v) is 3.66. The Morgan fingerprint density at radius 2 is 1.96 bits per heavy atom. The first-order valence-electron chi connectivity index (χ1n) is 8.12. The molecular formula is C17H21F3N4O. The summed E-state index contributed by atoms with van der Waals surface area (Å²) in [7, 11) is 0. The van der Waals surface area contributed by atoms with Gasteiger partial charge in [0.1, 0.15) is 0 Å². The molecule has 5 nitrogen and oxygen atoms in total. The number of nitrogens with one attached hydrogen (secondary N) is 1. The Hall–Kier alpha value is -2.35. The van der Waals surface area contributed by atoms with Crippen molar-refractivity contribution in [3.05, 3.63) is 42.2 Å². The van der Waals surface area contributed by atoms with Crippen LogP contribution in [0.1, 0.15) is 37.7 Å². The van der Waals surface area contributed by atoms with E-state index in [1.807, 2.05) is 0 Å². The second-order valence-corrected chi connectivity index (χ2v) is 5.72. The Balaban J connectivity index is 1.93. The molecule has 1 aromatic heterocycles. The monoisotopic (exact) mass is 354 g/mol. The molecule has 0 spiro atoms. The molecule has 0 radical (unpaired) electrons. The summed E-state index contributed by atoms with van der Waals surface area (Å²) < 4.78 is 39.6. The van der Waals surface area contributed by atoms with Crippen molar-refractivity contribution in [1.82, 2.24) is 9.78 Å². The lowest BCUT2D eigenvalue weighted by Gasteiger charge is -2.08. The molecule has 0 atom stereocenters. The number of amides is 1. The van der Waals surface area contributed by atoms with Crippen LogP contribution in [0.4, 0.5) is 18.9 Å². The first-order chi connectivity index (χ1) is 11.9. The van der Waals surface area contributed by atoms with Crippen LogP contribution in [0.2, 0.25) is 0 Å². The Morgan fingerprint density at radius 1 is 1.20 bits per heavy atom. The summed E-state index contributed by atoms with van der Waals surface area (Å²) in [6.45, 7) is 0.654. The average Bonchev–Trinajstić information content (AvgIpc) is 3.02. The van der Waals surface area contributed by atoms with Crippen LogP contribution in [0.5, 0.6) is 0 Å². The minimum Gasteiger partial charge on any atom is -0.330 e. The Bertz CT molecular complexity index is 697. The van der Waals surface area contributed by atoms with Crippen molar-refractivity contribution < 1.29 is 18.0 Å². The van der Waals surface area contributed by atoms with Crippen molar-refractivity contribution in [2.45, 2.75) is 38.3 Å². The zero-order valence-electron chi connectivity index (χ0n) is 13.7. The third-order valence-electron chi connectivity index (χ3n) is 3.66. The number of benzene rings is 1. The molecular weight excluding hydrogens is 333 g/mol. The number of nitrogens with zero attached hydrogens (tertiary/aromatic N) is 2.